The van der Waals surface area contributed by atoms with Crippen molar-refractivity contribution in [3.63, 3.8) is 0 Å². The fraction of sp³-hybridized carbons (Fsp3) is 0.652. The number of alkyl halides is 3. The average molecular weight is 485 g/mol. The summed E-state index contributed by atoms with van der Waals surface area (Å²) < 4.78 is 41.7. The van der Waals surface area contributed by atoms with Crippen molar-refractivity contribution in [1.29, 1.82) is 0 Å². The molecule has 0 bridgehead atoms. The average Bonchev–Trinajstić information content (AvgIpc) is 3.35. The number of β-amino-alcohol motifs (C(OH)–C–C–N with tert-alkyl or cyclic N) is 1. The number of nitrogens with one attached hydrogen (secondary N) is 1. The lowest BCUT2D eigenvalue weighted by molar-refractivity contribution is -0.274. The molecule has 1 aromatic carbocycles. The van der Waals surface area contributed by atoms with Gasteiger partial charge in [-0.25, -0.2) is 0 Å². The molecule has 3 aliphatic rings. The molecule has 0 aromatic heterocycles. The summed E-state index contributed by atoms with van der Waals surface area (Å²) in [5, 5.41) is 12.7. The normalized spacial score (nSPS) is 28.5. The van der Waals surface area contributed by atoms with Crippen molar-refractivity contribution in [3.8, 4) is 5.75 Å². The molecular weight excluding hydrogens is 453 g/mol. The van der Waals surface area contributed by atoms with Crippen LogP contribution in [-0.2, 0) is 16.1 Å². The van der Waals surface area contributed by atoms with E-state index in [2.05, 4.69) is 15.0 Å². The lowest BCUT2D eigenvalue weighted by Gasteiger charge is -2.33. The van der Waals surface area contributed by atoms with Crippen LogP contribution in [0.25, 0.3) is 0 Å². The van der Waals surface area contributed by atoms with Gasteiger partial charge in [-0.05, 0) is 44.0 Å². The number of benzene rings is 1. The van der Waals surface area contributed by atoms with Crippen LogP contribution in [0, 0.1) is 0 Å². The molecule has 0 saturated carbocycles. The van der Waals surface area contributed by atoms with Crippen molar-refractivity contribution in [2.75, 3.05) is 33.2 Å². The molecule has 1 aromatic rings. The number of carbonyl (C=O) groups is 2. The summed E-state index contributed by atoms with van der Waals surface area (Å²) in [6.07, 6.45) is -2.90. The highest BCUT2D eigenvalue weighted by Crippen LogP contribution is 2.30. The summed E-state index contributed by atoms with van der Waals surface area (Å²) >= 11 is 0. The van der Waals surface area contributed by atoms with Crippen LogP contribution in [0.2, 0.25) is 0 Å². The number of halogens is 3. The number of likely N-dealkylation sites (N-methyl/N-ethyl adjacent to an activating group) is 1. The van der Waals surface area contributed by atoms with Crippen molar-refractivity contribution in [3.05, 3.63) is 29.8 Å². The summed E-state index contributed by atoms with van der Waals surface area (Å²) in [4.78, 5) is 31.3. The molecule has 3 fully saturated rings. The quantitative estimate of drug-likeness (QED) is 0.634. The Bertz CT molecular complexity index is 899. The summed E-state index contributed by atoms with van der Waals surface area (Å²) in [7, 11) is 1.97. The minimum atomic E-state index is -4.76. The van der Waals surface area contributed by atoms with E-state index in [0.717, 1.165) is 6.42 Å². The van der Waals surface area contributed by atoms with Gasteiger partial charge in [0.05, 0.1) is 6.10 Å². The van der Waals surface area contributed by atoms with Gasteiger partial charge in [0.25, 0.3) is 0 Å². The molecular formula is C23H31F3N4O4. The van der Waals surface area contributed by atoms with E-state index in [1.807, 2.05) is 11.9 Å². The smallest absolute Gasteiger partial charge is 0.406 e. The van der Waals surface area contributed by atoms with Gasteiger partial charge >= 0.3 is 6.36 Å². The standard InChI is InChI=1S/C23H31F3N4O4/c1-28-16(5-6-20(32)29-9-7-17(31)14-29)12-27-22(33)21-19(28)8-10-30(21)13-15-3-2-4-18(11-15)34-23(24,25)26/h2-4,11,16-17,19,21,31H,5-10,12-14H2,1H3,(H,27,33)/t16-,17+,19+,21-/m0/s1. The number of amides is 2. The third kappa shape index (κ3) is 5.81. The predicted molar refractivity (Wildman–Crippen MR) is 117 cm³/mol. The molecule has 3 aliphatic heterocycles. The molecule has 8 nitrogen and oxygen atoms in total. The second-order valence-corrected chi connectivity index (χ2v) is 9.35. The molecule has 34 heavy (non-hydrogen) atoms. The molecule has 0 radical (unpaired) electrons. The third-order valence-corrected chi connectivity index (χ3v) is 7.07. The Morgan fingerprint density at radius 2 is 2.06 bits per heavy atom. The number of rotatable bonds is 6. The monoisotopic (exact) mass is 484 g/mol. The Labute approximate surface area is 196 Å². The molecule has 4 rings (SSSR count). The number of carbonyl (C=O) groups excluding carboxylic acids is 2. The van der Waals surface area contributed by atoms with Gasteiger partial charge in [-0.2, -0.15) is 0 Å². The number of aliphatic hydroxyl groups is 1. The van der Waals surface area contributed by atoms with Crippen LogP contribution >= 0.6 is 0 Å². The number of hydrogen-bond donors (Lipinski definition) is 2. The molecule has 0 aliphatic carbocycles. The molecule has 0 spiro atoms. The molecule has 11 heteroatoms. The first kappa shape index (κ1) is 24.7. The molecule has 3 heterocycles. The van der Waals surface area contributed by atoms with E-state index < -0.39 is 18.5 Å². The maximum Gasteiger partial charge on any atom is 0.573 e. The summed E-state index contributed by atoms with van der Waals surface area (Å²) in [5.41, 5.74) is 0.636. The van der Waals surface area contributed by atoms with E-state index >= 15 is 0 Å². The van der Waals surface area contributed by atoms with Gasteiger partial charge in [0.2, 0.25) is 11.8 Å². The van der Waals surface area contributed by atoms with E-state index in [1.54, 1.807) is 11.0 Å². The molecule has 0 unspecified atom stereocenters. The van der Waals surface area contributed by atoms with Crippen LogP contribution in [-0.4, -0.2) is 95.4 Å². The van der Waals surface area contributed by atoms with Crippen molar-refractivity contribution in [2.24, 2.45) is 0 Å². The van der Waals surface area contributed by atoms with Crippen molar-refractivity contribution < 1.29 is 32.6 Å². The molecule has 2 N–H and O–H groups in total. The van der Waals surface area contributed by atoms with E-state index in [0.29, 0.717) is 57.5 Å². The van der Waals surface area contributed by atoms with Crippen LogP contribution in [0.4, 0.5) is 13.2 Å². The van der Waals surface area contributed by atoms with E-state index in [9.17, 15) is 27.9 Å². The van der Waals surface area contributed by atoms with E-state index in [1.165, 1.54) is 18.2 Å². The van der Waals surface area contributed by atoms with Crippen LogP contribution in [0.3, 0.4) is 0 Å². The minimum absolute atomic E-state index is 0.00103. The van der Waals surface area contributed by atoms with Crippen molar-refractivity contribution >= 4 is 11.8 Å². The first-order valence-corrected chi connectivity index (χ1v) is 11.6. The number of nitrogens with zero attached hydrogens (tertiary/aromatic N) is 3. The van der Waals surface area contributed by atoms with Crippen LogP contribution in [0.15, 0.2) is 24.3 Å². The number of fused-ring (bicyclic) bond motifs is 1. The van der Waals surface area contributed by atoms with Gasteiger partial charge in [-0.15, -0.1) is 13.2 Å². The van der Waals surface area contributed by atoms with Crippen LogP contribution in [0.5, 0.6) is 5.75 Å². The number of ether oxygens (including phenoxy) is 1. The fourth-order valence-corrected chi connectivity index (χ4v) is 5.32. The van der Waals surface area contributed by atoms with Gasteiger partial charge in [-0.1, -0.05) is 12.1 Å². The number of aliphatic hydroxyl groups excluding tert-OH is 1. The summed E-state index contributed by atoms with van der Waals surface area (Å²) in [6.45, 7) is 2.35. The Hall–Kier alpha value is -2.37. The lowest BCUT2D eigenvalue weighted by Crippen LogP contribution is -2.49. The molecule has 2 amide bonds. The first-order chi connectivity index (χ1) is 16.1. The Kier molecular flexibility index (Phi) is 7.34. The zero-order chi connectivity index (χ0) is 24.5. The summed E-state index contributed by atoms with van der Waals surface area (Å²) in [5.74, 6) is -0.363. The topological polar surface area (TPSA) is 85.3 Å². The second-order valence-electron chi connectivity index (χ2n) is 9.35. The molecule has 4 atom stereocenters. The zero-order valence-corrected chi connectivity index (χ0v) is 19.1. The van der Waals surface area contributed by atoms with E-state index in [-0.39, 0.29) is 29.6 Å². The minimum Gasteiger partial charge on any atom is -0.406 e. The number of likely N-dealkylation sites (tertiary alicyclic amines) is 2. The zero-order valence-electron chi connectivity index (χ0n) is 19.1. The SMILES string of the molecule is CN1[C@@H](CCC(=O)N2CC[C@@H](O)C2)CNC(=O)[C@@H]2[C@H]1CCN2Cc1cccc(OC(F)(F)F)c1. The fourth-order valence-electron chi connectivity index (χ4n) is 5.32. The highest BCUT2D eigenvalue weighted by molar-refractivity contribution is 5.83. The van der Waals surface area contributed by atoms with Gasteiger partial charge in [0.15, 0.2) is 0 Å². The highest BCUT2D eigenvalue weighted by atomic mass is 19.4. The van der Waals surface area contributed by atoms with Gasteiger partial charge in [0, 0.05) is 51.2 Å². The lowest BCUT2D eigenvalue weighted by atomic mass is 10.0. The maximum atomic E-state index is 13.0. The Morgan fingerprint density at radius 3 is 2.76 bits per heavy atom. The van der Waals surface area contributed by atoms with Gasteiger partial charge in [0.1, 0.15) is 11.8 Å². The van der Waals surface area contributed by atoms with Gasteiger partial charge < -0.3 is 20.1 Å². The van der Waals surface area contributed by atoms with Crippen LogP contribution < -0.4 is 10.1 Å². The highest BCUT2D eigenvalue weighted by Gasteiger charge is 2.45. The Morgan fingerprint density at radius 1 is 1.26 bits per heavy atom. The summed E-state index contributed by atoms with van der Waals surface area (Å²) in [6, 6.07) is 5.36. The molecule has 188 valence electrons. The third-order valence-electron chi connectivity index (χ3n) is 7.07. The maximum absolute atomic E-state index is 13.0. The Balaban J connectivity index is 1.38. The van der Waals surface area contributed by atoms with Crippen molar-refractivity contribution in [2.45, 2.75) is 62.8 Å². The van der Waals surface area contributed by atoms with E-state index in [4.69, 9.17) is 0 Å². The number of hydrogen-bond acceptors (Lipinski definition) is 6. The molecule has 3 saturated heterocycles. The first-order valence-electron chi connectivity index (χ1n) is 11.6. The second kappa shape index (κ2) is 10.1. The van der Waals surface area contributed by atoms with Gasteiger partial charge in [-0.3, -0.25) is 19.4 Å². The predicted octanol–water partition coefficient (Wildman–Crippen LogP) is 1.33. The van der Waals surface area contributed by atoms with Crippen LogP contribution in [0.1, 0.15) is 31.2 Å². The largest absolute Gasteiger partial charge is 0.573 e. The van der Waals surface area contributed by atoms with Crippen molar-refractivity contribution in [1.82, 2.24) is 20.0 Å².